The summed E-state index contributed by atoms with van der Waals surface area (Å²) < 4.78 is 34.1. The van der Waals surface area contributed by atoms with E-state index in [0.29, 0.717) is 42.7 Å². The fourth-order valence-corrected chi connectivity index (χ4v) is 4.37. The highest BCUT2D eigenvalue weighted by atomic mass is 32.2. The number of benzene rings is 1. The predicted octanol–water partition coefficient (Wildman–Crippen LogP) is 0.819. The van der Waals surface area contributed by atoms with E-state index in [4.69, 9.17) is 4.74 Å². The first-order valence-corrected chi connectivity index (χ1v) is 10.8. The molecule has 0 amide bonds. The molecule has 10 heteroatoms. The zero-order valence-electron chi connectivity index (χ0n) is 17.2. The van der Waals surface area contributed by atoms with E-state index in [2.05, 4.69) is 20.3 Å². The fraction of sp³-hybridized carbons (Fsp3) is 0.474. The highest BCUT2D eigenvalue weighted by Gasteiger charge is 2.26. The number of hydrogen-bond acceptors (Lipinski definition) is 5. The molecule has 0 saturated carbocycles. The SMILES string of the molecule is CN=C(NCc1ccccc1S(=O)(=O)N(C)C)N1CCOC(c2cnn(C)c2)C1. The highest BCUT2D eigenvalue weighted by Crippen LogP contribution is 2.22. The van der Waals surface area contributed by atoms with Crippen LogP contribution in [0.1, 0.15) is 17.2 Å². The number of aryl methyl sites for hydroxylation is 1. The van der Waals surface area contributed by atoms with Gasteiger partial charge in [-0.05, 0) is 11.6 Å². The van der Waals surface area contributed by atoms with Gasteiger partial charge < -0.3 is 15.0 Å². The molecule has 0 radical (unpaired) electrons. The van der Waals surface area contributed by atoms with E-state index >= 15 is 0 Å². The largest absolute Gasteiger partial charge is 0.370 e. The molecule has 1 atom stereocenters. The van der Waals surface area contributed by atoms with Gasteiger partial charge in [-0.1, -0.05) is 18.2 Å². The van der Waals surface area contributed by atoms with E-state index < -0.39 is 10.0 Å². The second-order valence-electron chi connectivity index (χ2n) is 7.05. The summed E-state index contributed by atoms with van der Waals surface area (Å²) >= 11 is 0. The van der Waals surface area contributed by atoms with Crippen LogP contribution in [0.15, 0.2) is 46.5 Å². The molecule has 1 aromatic carbocycles. The summed E-state index contributed by atoms with van der Waals surface area (Å²) in [7, 11) is 3.15. The second-order valence-corrected chi connectivity index (χ2v) is 9.17. The molecule has 29 heavy (non-hydrogen) atoms. The van der Waals surface area contributed by atoms with Crippen LogP contribution in [0.4, 0.5) is 0 Å². The van der Waals surface area contributed by atoms with Gasteiger partial charge in [0, 0.05) is 53.0 Å². The molecule has 158 valence electrons. The zero-order valence-corrected chi connectivity index (χ0v) is 18.1. The lowest BCUT2D eigenvalue weighted by Crippen LogP contribution is -2.48. The Bertz CT molecular complexity index is 970. The first kappa shape index (κ1) is 21.3. The molecular formula is C19H28N6O3S. The van der Waals surface area contributed by atoms with Crippen LogP contribution in [0.5, 0.6) is 0 Å². The number of hydrogen-bond donors (Lipinski definition) is 1. The van der Waals surface area contributed by atoms with Crippen molar-refractivity contribution in [3.63, 3.8) is 0 Å². The van der Waals surface area contributed by atoms with Gasteiger partial charge in [0.15, 0.2) is 5.96 Å². The van der Waals surface area contributed by atoms with Crippen LogP contribution >= 0.6 is 0 Å². The van der Waals surface area contributed by atoms with Gasteiger partial charge in [-0.15, -0.1) is 0 Å². The van der Waals surface area contributed by atoms with Crippen molar-refractivity contribution in [1.29, 1.82) is 0 Å². The third-order valence-electron chi connectivity index (χ3n) is 4.84. The number of sulfonamides is 1. The Labute approximate surface area is 172 Å². The lowest BCUT2D eigenvalue weighted by Gasteiger charge is -2.34. The van der Waals surface area contributed by atoms with Gasteiger partial charge in [-0.2, -0.15) is 5.10 Å². The fourth-order valence-electron chi connectivity index (χ4n) is 3.25. The summed E-state index contributed by atoms with van der Waals surface area (Å²) in [6.45, 7) is 2.27. The number of aromatic nitrogens is 2. The number of guanidine groups is 1. The second kappa shape index (κ2) is 8.93. The molecule has 3 rings (SSSR count). The Kier molecular flexibility index (Phi) is 6.56. The zero-order chi connectivity index (χ0) is 21.0. The van der Waals surface area contributed by atoms with Crippen LogP contribution in [0.2, 0.25) is 0 Å². The summed E-state index contributed by atoms with van der Waals surface area (Å²) in [4.78, 5) is 6.79. The van der Waals surface area contributed by atoms with E-state index in [9.17, 15) is 8.42 Å². The molecule has 1 aromatic heterocycles. The van der Waals surface area contributed by atoms with Crippen LogP contribution in [-0.2, 0) is 28.4 Å². The summed E-state index contributed by atoms with van der Waals surface area (Å²) in [5, 5.41) is 7.52. The van der Waals surface area contributed by atoms with Gasteiger partial charge >= 0.3 is 0 Å². The third-order valence-corrected chi connectivity index (χ3v) is 6.76. The molecule has 0 bridgehead atoms. The summed E-state index contributed by atoms with van der Waals surface area (Å²) in [6, 6.07) is 7.01. The molecule has 2 aromatic rings. The van der Waals surface area contributed by atoms with E-state index in [1.807, 2.05) is 31.6 Å². The third kappa shape index (κ3) is 4.77. The maximum absolute atomic E-state index is 12.6. The number of morpholine rings is 1. The van der Waals surface area contributed by atoms with E-state index in [0.717, 1.165) is 5.56 Å². The Hall–Kier alpha value is -2.43. The van der Waals surface area contributed by atoms with Crippen molar-refractivity contribution < 1.29 is 13.2 Å². The van der Waals surface area contributed by atoms with Crippen molar-refractivity contribution >= 4 is 16.0 Å². The molecule has 1 saturated heterocycles. The van der Waals surface area contributed by atoms with Crippen molar-refractivity contribution in [3.05, 3.63) is 47.8 Å². The van der Waals surface area contributed by atoms with Crippen LogP contribution < -0.4 is 5.32 Å². The Morgan fingerprint density at radius 1 is 1.38 bits per heavy atom. The Morgan fingerprint density at radius 3 is 2.79 bits per heavy atom. The highest BCUT2D eigenvalue weighted by molar-refractivity contribution is 7.89. The predicted molar refractivity (Wildman–Crippen MR) is 111 cm³/mol. The quantitative estimate of drug-likeness (QED) is 0.569. The van der Waals surface area contributed by atoms with Crippen LogP contribution in [-0.4, -0.2) is 74.2 Å². The molecule has 1 unspecified atom stereocenters. The van der Waals surface area contributed by atoms with Crippen molar-refractivity contribution in [3.8, 4) is 0 Å². The molecule has 1 fully saturated rings. The summed E-state index contributed by atoms with van der Waals surface area (Å²) in [6.07, 6.45) is 3.68. The van der Waals surface area contributed by atoms with Gasteiger partial charge in [-0.25, -0.2) is 12.7 Å². The normalized spacial score (nSPS) is 18.3. The molecule has 2 heterocycles. The number of nitrogens with zero attached hydrogens (tertiary/aromatic N) is 5. The van der Waals surface area contributed by atoms with Crippen LogP contribution in [0.3, 0.4) is 0 Å². The maximum Gasteiger partial charge on any atom is 0.242 e. The number of rotatable bonds is 5. The standard InChI is InChI=1S/C19H28N6O3S/c1-20-19(25-9-10-28-17(14-25)16-12-22-24(4)13-16)21-11-15-7-5-6-8-18(15)29(26,27)23(2)3/h5-8,12-13,17H,9-11,14H2,1-4H3,(H,20,21). The average molecular weight is 421 g/mol. The minimum absolute atomic E-state index is 0.0857. The van der Waals surface area contributed by atoms with Crippen molar-refractivity contribution in [2.45, 2.75) is 17.5 Å². The lowest BCUT2D eigenvalue weighted by atomic mass is 10.1. The van der Waals surface area contributed by atoms with Crippen molar-refractivity contribution in [1.82, 2.24) is 24.3 Å². The lowest BCUT2D eigenvalue weighted by molar-refractivity contribution is -0.00805. The van der Waals surface area contributed by atoms with E-state index in [-0.39, 0.29) is 6.10 Å². The minimum atomic E-state index is -3.52. The average Bonchev–Trinajstić information content (AvgIpc) is 3.15. The summed E-state index contributed by atoms with van der Waals surface area (Å²) in [5.74, 6) is 0.708. The summed E-state index contributed by atoms with van der Waals surface area (Å²) in [5.41, 5.74) is 1.72. The minimum Gasteiger partial charge on any atom is -0.370 e. The van der Waals surface area contributed by atoms with E-state index in [1.165, 1.54) is 18.4 Å². The molecule has 0 spiro atoms. The van der Waals surface area contributed by atoms with Gasteiger partial charge in [0.2, 0.25) is 10.0 Å². The molecule has 9 nitrogen and oxygen atoms in total. The first-order chi connectivity index (χ1) is 13.8. The Balaban J connectivity index is 1.72. The number of ether oxygens (including phenoxy) is 1. The van der Waals surface area contributed by atoms with Crippen molar-refractivity contribution in [2.24, 2.45) is 12.0 Å². The van der Waals surface area contributed by atoms with Gasteiger partial charge in [-0.3, -0.25) is 9.67 Å². The Morgan fingerprint density at radius 2 is 2.14 bits per heavy atom. The molecule has 1 aliphatic rings. The number of aliphatic imine (C=N–C) groups is 1. The monoisotopic (exact) mass is 420 g/mol. The molecule has 1 N–H and O–H groups in total. The maximum atomic E-state index is 12.6. The number of nitrogens with one attached hydrogen (secondary N) is 1. The van der Waals surface area contributed by atoms with Gasteiger partial charge in [0.1, 0.15) is 6.10 Å². The molecular weight excluding hydrogens is 392 g/mol. The smallest absolute Gasteiger partial charge is 0.242 e. The van der Waals surface area contributed by atoms with Gasteiger partial charge in [0.25, 0.3) is 0 Å². The van der Waals surface area contributed by atoms with E-state index in [1.54, 1.807) is 23.9 Å². The molecule has 0 aliphatic carbocycles. The van der Waals surface area contributed by atoms with Crippen LogP contribution in [0, 0.1) is 0 Å². The topological polar surface area (TPSA) is 92.1 Å². The first-order valence-electron chi connectivity index (χ1n) is 9.39. The van der Waals surface area contributed by atoms with Crippen molar-refractivity contribution in [2.75, 3.05) is 40.8 Å². The van der Waals surface area contributed by atoms with Crippen LogP contribution in [0.25, 0.3) is 0 Å². The molecule has 1 aliphatic heterocycles. The van der Waals surface area contributed by atoms with Gasteiger partial charge in [0.05, 0.1) is 24.2 Å².